The summed E-state index contributed by atoms with van der Waals surface area (Å²) in [6.07, 6.45) is 0. The average molecular weight is 444 g/mol. The van der Waals surface area contributed by atoms with Gasteiger partial charge in [0.05, 0.1) is 24.3 Å². The number of thiophene rings is 2. The van der Waals surface area contributed by atoms with E-state index in [0.29, 0.717) is 17.7 Å². The maximum Gasteiger partial charge on any atom is 0.277 e. The van der Waals surface area contributed by atoms with Crippen LogP contribution in [0.2, 0.25) is 0 Å². The second-order valence-corrected chi connectivity index (χ2v) is 8.80. The number of amides is 1. The number of nitrogens with zero attached hydrogens (tertiary/aromatic N) is 3. The molecule has 0 aliphatic carbocycles. The molecule has 0 bridgehead atoms. The Kier molecular flexibility index (Phi) is 6.28. The third-order valence-electron chi connectivity index (χ3n) is 4.04. The summed E-state index contributed by atoms with van der Waals surface area (Å²) >= 11 is 4.40. The molecule has 6 nitrogen and oxygen atoms in total. The van der Waals surface area contributed by atoms with Crippen LogP contribution in [0.3, 0.4) is 0 Å². The highest BCUT2D eigenvalue weighted by Gasteiger charge is 2.19. The van der Waals surface area contributed by atoms with Crippen molar-refractivity contribution in [1.29, 1.82) is 0 Å². The largest absolute Gasteiger partial charge is 0.497 e. The first kappa shape index (κ1) is 19.7. The van der Waals surface area contributed by atoms with Crippen molar-refractivity contribution in [2.75, 3.05) is 17.8 Å². The third-order valence-corrected chi connectivity index (χ3v) is 6.56. The lowest BCUT2D eigenvalue weighted by Crippen LogP contribution is -2.31. The number of thioether (sulfide) groups is 1. The Balaban J connectivity index is 1.47. The molecule has 4 rings (SSSR count). The van der Waals surface area contributed by atoms with Crippen LogP contribution in [0.25, 0.3) is 10.8 Å². The molecule has 0 saturated carbocycles. The second kappa shape index (κ2) is 9.25. The van der Waals surface area contributed by atoms with Crippen LogP contribution in [0.1, 0.15) is 4.88 Å². The molecule has 1 aromatic carbocycles. The van der Waals surface area contributed by atoms with Crippen molar-refractivity contribution >= 4 is 46.0 Å². The van der Waals surface area contributed by atoms with Crippen LogP contribution in [-0.4, -0.2) is 29.0 Å². The summed E-state index contributed by atoms with van der Waals surface area (Å²) in [4.78, 5) is 16.8. The molecule has 3 aromatic heterocycles. The summed E-state index contributed by atoms with van der Waals surface area (Å²) in [5, 5.41) is 12.4. The van der Waals surface area contributed by atoms with Crippen LogP contribution in [0, 0.1) is 0 Å². The Labute approximate surface area is 180 Å². The molecule has 1 amide bonds. The standard InChI is InChI=1S/C20H17N3O3S3/c1-25-15-8-6-14(7-9-15)23(12-16-4-2-10-27-16)18(24)13-29-20-22-21-19(26-20)17-5-3-11-28-17/h2-11H,12-13H2,1H3. The van der Waals surface area contributed by atoms with Crippen LogP contribution in [0.4, 0.5) is 5.69 Å². The highest BCUT2D eigenvalue weighted by atomic mass is 32.2. The fourth-order valence-electron chi connectivity index (χ4n) is 2.61. The molecular formula is C20H17N3O3S3. The van der Waals surface area contributed by atoms with E-state index in [0.717, 1.165) is 21.2 Å². The molecule has 0 atom stereocenters. The number of methoxy groups -OCH3 is 1. The molecule has 148 valence electrons. The van der Waals surface area contributed by atoms with E-state index in [1.807, 2.05) is 59.3 Å². The summed E-state index contributed by atoms with van der Waals surface area (Å²) in [5.41, 5.74) is 0.814. The molecule has 0 N–H and O–H groups in total. The van der Waals surface area contributed by atoms with Crippen molar-refractivity contribution in [2.24, 2.45) is 0 Å². The molecular weight excluding hydrogens is 426 g/mol. The van der Waals surface area contributed by atoms with Crippen LogP contribution >= 0.6 is 34.4 Å². The minimum atomic E-state index is -0.0376. The van der Waals surface area contributed by atoms with Gasteiger partial charge < -0.3 is 14.1 Å². The van der Waals surface area contributed by atoms with Crippen molar-refractivity contribution in [3.63, 3.8) is 0 Å². The quantitative estimate of drug-likeness (QED) is 0.349. The first-order valence-electron chi connectivity index (χ1n) is 8.70. The van der Waals surface area contributed by atoms with Gasteiger partial charge in [-0.2, -0.15) is 0 Å². The van der Waals surface area contributed by atoms with Crippen LogP contribution < -0.4 is 9.64 Å². The number of hydrogen-bond donors (Lipinski definition) is 0. The fourth-order valence-corrected chi connectivity index (χ4v) is 4.59. The lowest BCUT2D eigenvalue weighted by atomic mass is 10.2. The summed E-state index contributed by atoms with van der Waals surface area (Å²) in [6, 6.07) is 15.3. The summed E-state index contributed by atoms with van der Waals surface area (Å²) < 4.78 is 10.9. The number of rotatable bonds is 8. The normalized spacial score (nSPS) is 10.8. The zero-order valence-electron chi connectivity index (χ0n) is 15.5. The van der Waals surface area contributed by atoms with Crippen molar-refractivity contribution in [1.82, 2.24) is 10.2 Å². The SMILES string of the molecule is COc1ccc(N(Cc2cccs2)C(=O)CSc2nnc(-c3cccs3)o2)cc1. The van der Waals surface area contributed by atoms with E-state index in [1.165, 1.54) is 23.1 Å². The minimum absolute atomic E-state index is 0.0376. The predicted octanol–water partition coefficient (Wildman–Crippen LogP) is 5.19. The van der Waals surface area contributed by atoms with Gasteiger partial charge in [0.15, 0.2) is 0 Å². The molecule has 0 radical (unpaired) electrons. The van der Waals surface area contributed by atoms with Crippen molar-refractivity contribution in [3.05, 3.63) is 64.2 Å². The first-order chi connectivity index (χ1) is 14.2. The molecule has 4 aromatic rings. The smallest absolute Gasteiger partial charge is 0.277 e. The lowest BCUT2D eigenvalue weighted by molar-refractivity contribution is -0.116. The average Bonchev–Trinajstić information content (AvgIpc) is 3.52. The second-order valence-electron chi connectivity index (χ2n) is 5.90. The fraction of sp³-hybridized carbons (Fsp3) is 0.150. The maximum atomic E-state index is 13.0. The number of carbonyl (C=O) groups excluding carboxylic acids is 1. The van der Waals surface area contributed by atoms with Gasteiger partial charge in [-0.25, -0.2) is 0 Å². The van der Waals surface area contributed by atoms with E-state index in [4.69, 9.17) is 9.15 Å². The Morgan fingerprint density at radius 2 is 1.90 bits per heavy atom. The van der Waals surface area contributed by atoms with Crippen molar-refractivity contribution in [3.8, 4) is 16.5 Å². The van der Waals surface area contributed by atoms with Crippen LogP contribution in [0.5, 0.6) is 5.75 Å². The highest BCUT2D eigenvalue weighted by Crippen LogP contribution is 2.28. The van der Waals surface area contributed by atoms with Gasteiger partial charge in [0.1, 0.15) is 5.75 Å². The Bertz CT molecular complexity index is 1040. The Hall–Kier alpha value is -2.62. The van der Waals surface area contributed by atoms with E-state index < -0.39 is 0 Å². The van der Waals surface area contributed by atoms with Gasteiger partial charge in [-0.05, 0) is 47.2 Å². The number of ether oxygens (including phenoxy) is 1. The number of carbonyl (C=O) groups is 1. The molecule has 3 heterocycles. The lowest BCUT2D eigenvalue weighted by Gasteiger charge is -2.22. The van der Waals surface area contributed by atoms with Crippen molar-refractivity contribution < 1.29 is 13.9 Å². The third kappa shape index (κ3) is 4.87. The van der Waals surface area contributed by atoms with Gasteiger partial charge in [-0.1, -0.05) is 23.9 Å². The van der Waals surface area contributed by atoms with Crippen LogP contribution in [-0.2, 0) is 11.3 Å². The van der Waals surface area contributed by atoms with Gasteiger partial charge in [-0.15, -0.1) is 32.9 Å². The van der Waals surface area contributed by atoms with Gasteiger partial charge in [0.2, 0.25) is 5.91 Å². The zero-order valence-corrected chi connectivity index (χ0v) is 17.9. The van der Waals surface area contributed by atoms with Crippen LogP contribution in [0.15, 0.2) is 68.9 Å². The van der Waals surface area contributed by atoms with Gasteiger partial charge in [0, 0.05) is 10.6 Å². The number of hydrogen-bond acceptors (Lipinski definition) is 8. The van der Waals surface area contributed by atoms with E-state index in [1.54, 1.807) is 23.3 Å². The van der Waals surface area contributed by atoms with Crippen molar-refractivity contribution in [2.45, 2.75) is 11.8 Å². The topological polar surface area (TPSA) is 68.5 Å². The van der Waals surface area contributed by atoms with E-state index in [-0.39, 0.29) is 11.7 Å². The number of aromatic nitrogens is 2. The summed E-state index contributed by atoms with van der Waals surface area (Å²) in [7, 11) is 1.62. The molecule has 0 saturated heterocycles. The molecule has 0 fully saturated rings. The Morgan fingerprint density at radius 1 is 1.10 bits per heavy atom. The molecule has 0 unspecified atom stereocenters. The first-order valence-corrected chi connectivity index (χ1v) is 11.4. The van der Waals surface area contributed by atoms with Gasteiger partial charge in [-0.3, -0.25) is 4.79 Å². The number of benzene rings is 1. The van der Waals surface area contributed by atoms with E-state index in [9.17, 15) is 4.79 Å². The molecule has 9 heteroatoms. The highest BCUT2D eigenvalue weighted by molar-refractivity contribution is 7.99. The molecule has 0 spiro atoms. The zero-order chi connectivity index (χ0) is 20.1. The molecule has 0 aliphatic heterocycles. The maximum absolute atomic E-state index is 13.0. The monoisotopic (exact) mass is 443 g/mol. The minimum Gasteiger partial charge on any atom is -0.497 e. The Morgan fingerprint density at radius 3 is 2.59 bits per heavy atom. The van der Waals surface area contributed by atoms with Gasteiger partial charge in [0.25, 0.3) is 11.1 Å². The molecule has 29 heavy (non-hydrogen) atoms. The predicted molar refractivity (Wildman–Crippen MR) is 117 cm³/mol. The number of anilines is 1. The van der Waals surface area contributed by atoms with E-state index in [2.05, 4.69) is 10.2 Å². The van der Waals surface area contributed by atoms with Gasteiger partial charge >= 0.3 is 0 Å². The summed E-state index contributed by atoms with van der Waals surface area (Å²) in [6.45, 7) is 0.508. The van der Waals surface area contributed by atoms with E-state index >= 15 is 0 Å². The molecule has 0 aliphatic rings. The summed E-state index contributed by atoms with van der Waals surface area (Å²) in [5.74, 6) is 1.38.